The number of benzene rings is 2. The lowest BCUT2D eigenvalue weighted by atomic mass is 10.1. The first-order valence-electron chi connectivity index (χ1n) is 10.4. The van der Waals surface area contributed by atoms with Gasteiger partial charge in [0.2, 0.25) is 5.91 Å². The van der Waals surface area contributed by atoms with Crippen LogP contribution in [0.15, 0.2) is 54.6 Å². The molecule has 29 heavy (non-hydrogen) atoms. The van der Waals surface area contributed by atoms with Crippen molar-refractivity contribution in [2.75, 3.05) is 19.7 Å². The Kier molecular flexibility index (Phi) is 9.22. The number of para-hydroxylation sites is 1. The number of nitrogens with zero attached hydrogens (tertiary/aromatic N) is 1. The van der Waals surface area contributed by atoms with Crippen molar-refractivity contribution >= 4 is 11.8 Å². The normalized spacial score (nSPS) is 11.6. The molecule has 0 aliphatic carbocycles. The third-order valence-corrected chi connectivity index (χ3v) is 4.86. The van der Waals surface area contributed by atoms with Gasteiger partial charge in [0.1, 0.15) is 11.8 Å². The molecule has 2 aromatic rings. The molecule has 1 atom stereocenters. The van der Waals surface area contributed by atoms with E-state index in [0.717, 1.165) is 17.5 Å². The van der Waals surface area contributed by atoms with E-state index in [1.165, 1.54) is 0 Å². The van der Waals surface area contributed by atoms with Crippen LogP contribution in [0.1, 0.15) is 37.8 Å². The maximum Gasteiger partial charge on any atom is 0.261 e. The van der Waals surface area contributed by atoms with Crippen LogP contribution in [0.5, 0.6) is 5.75 Å². The zero-order chi connectivity index (χ0) is 21.1. The van der Waals surface area contributed by atoms with Crippen LogP contribution in [0.25, 0.3) is 0 Å². The number of ether oxygens (including phenoxy) is 1. The highest BCUT2D eigenvalue weighted by Crippen LogP contribution is 2.17. The molecule has 0 aliphatic rings. The van der Waals surface area contributed by atoms with Crippen LogP contribution in [0.4, 0.5) is 0 Å². The Morgan fingerprint density at radius 1 is 1.03 bits per heavy atom. The summed E-state index contributed by atoms with van der Waals surface area (Å²) in [6.45, 7) is 6.88. The second-order valence-corrected chi connectivity index (χ2v) is 7.09. The molecule has 1 N–H and O–H groups in total. The summed E-state index contributed by atoms with van der Waals surface area (Å²) >= 11 is 0. The van der Waals surface area contributed by atoms with Crippen LogP contribution in [0, 0.1) is 6.92 Å². The highest BCUT2D eigenvalue weighted by atomic mass is 16.5. The van der Waals surface area contributed by atoms with Gasteiger partial charge in [-0.25, -0.2) is 0 Å². The van der Waals surface area contributed by atoms with Gasteiger partial charge in [0.15, 0.2) is 6.61 Å². The number of carbonyl (C=O) groups excluding carboxylic acids is 2. The topological polar surface area (TPSA) is 58.6 Å². The summed E-state index contributed by atoms with van der Waals surface area (Å²) in [6.07, 6.45) is 2.10. The predicted octanol–water partition coefficient (Wildman–Crippen LogP) is 3.75. The fourth-order valence-electron chi connectivity index (χ4n) is 3.20. The molecule has 0 saturated heterocycles. The van der Waals surface area contributed by atoms with E-state index in [2.05, 4.69) is 5.32 Å². The highest BCUT2D eigenvalue weighted by Gasteiger charge is 2.28. The Morgan fingerprint density at radius 2 is 1.72 bits per heavy atom. The van der Waals surface area contributed by atoms with E-state index >= 15 is 0 Å². The summed E-state index contributed by atoms with van der Waals surface area (Å²) in [5, 5.41) is 2.93. The van der Waals surface area contributed by atoms with Gasteiger partial charge in [0.25, 0.3) is 5.91 Å². The molecule has 0 radical (unpaired) electrons. The van der Waals surface area contributed by atoms with E-state index in [4.69, 9.17) is 4.74 Å². The first kappa shape index (κ1) is 22.5. The summed E-state index contributed by atoms with van der Waals surface area (Å²) in [5.41, 5.74) is 2.11. The smallest absolute Gasteiger partial charge is 0.261 e. The predicted molar refractivity (Wildman–Crippen MR) is 116 cm³/mol. The number of aryl methyl sites for hydroxylation is 1. The second-order valence-electron chi connectivity index (χ2n) is 7.09. The third kappa shape index (κ3) is 6.93. The summed E-state index contributed by atoms with van der Waals surface area (Å²) < 4.78 is 5.76. The first-order chi connectivity index (χ1) is 14.1. The van der Waals surface area contributed by atoms with Crippen LogP contribution < -0.4 is 10.1 Å². The Hall–Kier alpha value is -2.82. The molecule has 0 spiro atoms. The summed E-state index contributed by atoms with van der Waals surface area (Å²) in [7, 11) is 0. The lowest BCUT2D eigenvalue weighted by Crippen LogP contribution is -2.51. The molecule has 5 nitrogen and oxygen atoms in total. The van der Waals surface area contributed by atoms with Crippen molar-refractivity contribution in [2.24, 2.45) is 0 Å². The molecule has 156 valence electrons. The van der Waals surface area contributed by atoms with E-state index < -0.39 is 6.04 Å². The maximum atomic E-state index is 13.0. The van der Waals surface area contributed by atoms with Crippen molar-refractivity contribution in [1.82, 2.24) is 10.2 Å². The average Bonchev–Trinajstić information content (AvgIpc) is 2.74. The minimum Gasteiger partial charge on any atom is -0.484 e. The first-order valence-corrected chi connectivity index (χ1v) is 10.4. The quantitative estimate of drug-likeness (QED) is 0.629. The van der Waals surface area contributed by atoms with Gasteiger partial charge in [-0.05, 0) is 43.4 Å². The molecule has 0 saturated carbocycles. The van der Waals surface area contributed by atoms with Gasteiger partial charge < -0.3 is 15.0 Å². The van der Waals surface area contributed by atoms with Crippen molar-refractivity contribution in [3.63, 3.8) is 0 Å². The highest BCUT2D eigenvalue weighted by molar-refractivity contribution is 5.88. The summed E-state index contributed by atoms with van der Waals surface area (Å²) in [6, 6.07) is 17.1. The largest absolute Gasteiger partial charge is 0.484 e. The number of hydrogen-bond acceptors (Lipinski definition) is 3. The molecule has 2 aromatic carbocycles. The number of nitrogens with one attached hydrogen (secondary N) is 1. The minimum absolute atomic E-state index is 0.0861. The van der Waals surface area contributed by atoms with Crippen LogP contribution in [-0.2, 0) is 16.0 Å². The summed E-state index contributed by atoms with van der Waals surface area (Å²) in [5.74, 6) is 0.404. The minimum atomic E-state index is -0.502. The molecule has 0 fully saturated rings. The van der Waals surface area contributed by atoms with E-state index in [0.29, 0.717) is 31.7 Å². The molecular weight excluding hydrogens is 364 g/mol. The number of carbonyl (C=O) groups is 2. The zero-order valence-electron chi connectivity index (χ0n) is 17.7. The van der Waals surface area contributed by atoms with E-state index in [1.807, 2.05) is 75.4 Å². The molecular formula is C24H32N2O3. The SMILES string of the molecule is CCCNC(=O)C(CC)N(CCc1ccccc1)C(=O)COc1ccccc1C. The average molecular weight is 397 g/mol. The Bertz CT molecular complexity index is 777. The van der Waals surface area contributed by atoms with Gasteiger partial charge >= 0.3 is 0 Å². The molecule has 5 heteroatoms. The standard InChI is InChI=1S/C24H32N2O3/c1-4-16-25-24(28)21(5-2)26(17-15-20-12-7-6-8-13-20)23(27)18-29-22-14-10-9-11-19(22)3/h6-14,21H,4-5,15-18H2,1-3H3,(H,25,28). The molecule has 0 aliphatic heterocycles. The van der Waals surface area contributed by atoms with Crippen molar-refractivity contribution in [2.45, 2.75) is 46.1 Å². The molecule has 0 bridgehead atoms. The Morgan fingerprint density at radius 3 is 2.38 bits per heavy atom. The molecule has 0 aromatic heterocycles. The number of rotatable bonds is 11. The van der Waals surface area contributed by atoms with E-state index in [1.54, 1.807) is 4.90 Å². The van der Waals surface area contributed by atoms with Gasteiger partial charge in [-0.1, -0.05) is 62.4 Å². The van der Waals surface area contributed by atoms with Crippen molar-refractivity contribution in [3.05, 3.63) is 65.7 Å². The monoisotopic (exact) mass is 396 g/mol. The fraction of sp³-hybridized carbons (Fsp3) is 0.417. The second kappa shape index (κ2) is 11.9. The number of amides is 2. The van der Waals surface area contributed by atoms with Gasteiger partial charge in [-0.2, -0.15) is 0 Å². The lowest BCUT2D eigenvalue weighted by Gasteiger charge is -2.30. The van der Waals surface area contributed by atoms with Gasteiger partial charge in [-0.3, -0.25) is 9.59 Å². The summed E-state index contributed by atoms with van der Waals surface area (Å²) in [4.78, 5) is 27.4. The van der Waals surface area contributed by atoms with Crippen molar-refractivity contribution in [1.29, 1.82) is 0 Å². The third-order valence-electron chi connectivity index (χ3n) is 4.86. The van der Waals surface area contributed by atoms with Gasteiger partial charge in [0, 0.05) is 13.1 Å². The fourth-order valence-corrected chi connectivity index (χ4v) is 3.20. The Balaban J connectivity index is 2.11. The van der Waals surface area contributed by atoms with Crippen LogP contribution in [0.3, 0.4) is 0 Å². The van der Waals surface area contributed by atoms with Crippen LogP contribution in [-0.4, -0.2) is 42.5 Å². The van der Waals surface area contributed by atoms with E-state index in [-0.39, 0.29) is 18.4 Å². The molecule has 1 unspecified atom stereocenters. The zero-order valence-corrected chi connectivity index (χ0v) is 17.7. The maximum absolute atomic E-state index is 13.0. The van der Waals surface area contributed by atoms with Crippen molar-refractivity contribution < 1.29 is 14.3 Å². The lowest BCUT2D eigenvalue weighted by molar-refractivity contribution is -0.142. The van der Waals surface area contributed by atoms with Gasteiger partial charge in [0.05, 0.1) is 0 Å². The molecule has 2 amide bonds. The van der Waals surface area contributed by atoms with E-state index in [9.17, 15) is 9.59 Å². The van der Waals surface area contributed by atoms with Crippen LogP contribution in [0.2, 0.25) is 0 Å². The van der Waals surface area contributed by atoms with Gasteiger partial charge in [-0.15, -0.1) is 0 Å². The number of hydrogen-bond donors (Lipinski definition) is 1. The van der Waals surface area contributed by atoms with Crippen molar-refractivity contribution in [3.8, 4) is 5.75 Å². The van der Waals surface area contributed by atoms with Crippen LogP contribution >= 0.6 is 0 Å². The molecule has 2 rings (SSSR count). The Labute approximate surface area is 174 Å². The molecule has 0 heterocycles.